The van der Waals surface area contributed by atoms with Gasteiger partial charge >= 0.3 is 0 Å². The van der Waals surface area contributed by atoms with Crippen LogP contribution in [0.15, 0.2) is 23.3 Å². The predicted octanol–water partition coefficient (Wildman–Crippen LogP) is 4.09. The maximum Gasteiger partial charge on any atom is -0.0103 e. The van der Waals surface area contributed by atoms with Gasteiger partial charge in [-0.15, -0.1) is 0 Å². The van der Waals surface area contributed by atoms with Crippen molar-refractivity contribution in [2.45, 2.75) is 46.0 Å². The third-order valence-electron chi connectivity index (χ3n) is 3.50. The topological polar surface area (TPSA) is 0 Å². The summed E-state index contributed by atoms with van der Waals surface area (Å²) in [7, 11) is 0. The number of rotatable bonds is 1. The average Bonchev–Trinajstić information content (AvgIpc) is 2.17. The molecule has 13 heavy (non-hydrogen) atoms. The van der Waals surface area contributed by atoms with Crippen LogP contribution in [0.5, 0.6) is 0 Å². The van der Waals surface area contributed by atoms with E-state index in [1.54, 1.807) is 11.1 Å². The van der Waals surface area contributed by atoms with Crippen LogP contribution in [-0.4, -0.2) is 0 Å². The molecule has 0 aromatic heterocycles. The van der Waals surface area contributed by atoms with Crippen LogP contribution < -0.4 is 0 Å². The Kier molecular flexibility index (Phi) is 2.57. The van der Waals surface area contributed by atoms with Crippen molar-refractivity contribution in [1.82, 2.24) is 0 Å². The second-order valence-electron chi connectivity index (χ2n) is 4.75. The Bertz CT molecular complexity index is 243. The van der Waals surface area contributed by atoms with Crippen molar-refractivity contribution in [2.24, 2.45) is 11.8 Å². The van der Waals surface area contributed by atoms with Gasteiger partial charge < -0.3 is 0 Å². The van der Waals surface area contributed by atoms with Gasteiger partial charge in [0.2, 0.25) is 0 Å². The first-order valence-electron chi connectivity index (χ1n) is 5.65. The monoisotopic (exact) mass is 176 g/mol. The van der Waals surface area contributed by atoms with Crippen molar-refractivity contribution in [3.63, 3.8) is 0 Å². The van der Waals surface area contributed by atoms with Gasteiger partial charge in [0.15, 0.2) is 0 Å². The summed E-state index contributed by atoms with van der Waals surface area (Å²) in [5.74, 6) is 1.67. The molecule has 0 aromatic carbocycles. The van der Waals surface area contributed by atoms with Crippen molar-refractivity contribution in [2.75, 3.05) is 0 Å². The molecule has 0 nitrogen and oxygen atoms in total. The van der Waals surface area contributed by atoms with Gasteiger partial charge in [-0.25, -0.2) is 0 Å². The molecule has 0 saturated carbocycles. The van der Waals surface area contributed by atoms with Crippen LogP contribution in [0.1, 0.15) is 46.0 Å². The predicted molar refractivity (Wildman–Crippen MR) is 57.6 cm³/mol. The molecule has 72 valence electrons. The molecular weight excluding hydrogens is 156 g/mol. The zero-order valence-electron chi connectivity index (χ0n) is 8.84. The average molecular weight is 176 g/mol. The van der Waals surface area contributed by atoms with Crippen molar-refractivity contribution in [1.29, 1.82) is 0 Å². The number of hydrogen-bond acceptors (Lipinski definition) is 0. The van der Waals surface area contributed by atoms with Crippen LogP contribution >= 0.6 is 0 Å². The van der Waals surface area contributed by atoms with Gasteiger partial charge in [-0.05, 0) is 43.9 Å². The second-order valence-corrected chi connectivity index (χ2v) is 4.75. The van der Waals surface area contributed by atoms with Gasteiger partial charge in [0.05, 0.1) is 0 Å². The first-order chi connectivity index (χ1) is 6.27. The minimum atomic E-state index is 0.753. The molecule has 1 atom stereocenters. The van der Waals surface area contributed by atoms with E-state index >= 15 is 0 Å². The Balaban J connectivity index is 2.12. The van der Waals surface area contributed by atoms with Crippen molar-refractivity contribution in [3.8, 4) is 0 Å². The Morgan fingerprint density at radius 2 is 2.15 bits per heavy atom. The number of allylic oxidation sites excluding steroid dienone is 4. The molecule has 0 aliphatic heterocycles. The Labute approximate surface area is 81.7 Å². The highest BCUT2D eigenvalue weighted by Crippen LogP contribution is 2.37. The van der Waals surface area contributed by atoms with Gasteiger partial charge in [-0.2, -0.15) is 0 Å². The Hall–Kier alpha value is -0.520. The molecule has 0 saturated heterocycles. The third kappa shape index (κ3) is 1.87. The van der Waals surface area contributed by atoms with E-state index in [0.29, 0.717) is 0 Å². The largest absolute Gasteiger partial charge is 0.0847 e. The zero-order valence-corrected chi connectivity index (χ0v) is 8.84. The fraction of sp³-hybridized carbons (Fsp3) is 0.692. The van der Waals surface area contributed by atoms with Crippen LogP contribution in [0, 0.1) is 11.8 Å². The molecule has 2 aliphatic carbocycles. The molecule has 2 rings (SSSR count). The maximum absolute atomic E-state index is 2.50. The van der Waals surface area contributed by atoms with Gasteiger partial charge in [0.25, 0.3) is 0 Å². The molecule has 0 N–H and O–H groups in total. The highest BCUT2D eigenvalue weighted by Gasteiger charge is 2.22. The smallest absolute Gasteiger partial charge is 0.0103 e. The van der Waals surface area contributed by atoms with Crippen LogP contribution in [-0.2, 0) is 0 Å². The Morgan fingerprint density at radius 3 is 2.92 bits per heavy atom. The number of fused-ring (bicyclic) bond motifs is 1. The lowest BCUT2D eigenvalue weighted by Gasteiger charge is -2.29. The molecule has 0 bridgehead atoms. The van der Waals surface area contributed by atoms with Gasteiger partial charge in [-0.1, -0.05) is 37.1 Å². The maximum atomic E-state index is 2.50. The van der Waals surface area contributed by atoms with E-state index in [9.17, 15) is 0 Å². The van der Waals surface area contributed by atoms with Gasteiger partial charge in [-0.3, -0.25) is 0 Å². The standard InChI is InChI=1S/C13H20/c1-10(2)12-8-7-11-5-3-4-6-13(11)9-12/h6,8,10-11H,3-5,7,9H2,1-2H3. The fourth-order valence-electron chi connectivity index (χ4n) is 2.53. The lowest BCUT2D eigenvalue weighted by Crippen LogP contribution is -2.14. The van der Waals surface area contributed by atoms with Crippen LogP contribution in [0.4, 0.5) is 0 Å². The van der Waals surface area contributed by atoms with Crippen LogP contribution in [0.25, 0.3) is 0 Å². The molecule has 2 aliphatic rings. The van der Waals surface area contributed by atoms with Gasteiger partial charge in [0.1, 0.15) is 0 Å². The van der Waals surface area contributed by atoms with Gasteiger partial charge in [0, 0.05) is 0 Å². The van der Waals surface area contributed by atoms with Crippen molar-refractivity contribution in [3.05, 3.63) is 23.3 Å². The van der Waals surface area contributed by atoms with Crippen LogP contribution in [0.2, 0.25) is 0 Å². The molecule has 0 radical (unpaired) electrons. The summed E-state index contributed by atoms with van der Waals surface area (Å²) in [4.78, 5) is 0. The Morgan fingerprint density at radius 1 is 1.31 bits per heavy atom. The van der Waals surface area contributed by atoms with Crippen molar-refractivity contribution >= 4 is 0 Å². The van der Waals surface area contributed by atoms with Crippen LogP contribution in [0.3, 0.4) is 0 Å². The van der Waals surface area contributed by atoms with E-state index in [-0.39, 0.29) is 0 Å². The highest BCUT2D eigenvalue weighted by atomic mass is 14.3. The molecule has 1 unspecified atom stereocenters. The van der Waals surface area contributed by atoms with E-state index < -0.39 is 0 Å². The fourth-order valence-corrected chi connectivity index (χ4v) is 2.53. The van der Waals surface area contributed by atoms with E-state index in [1.165, 1.54) is 32.1 Å². The summed E-state index contributed by atoms with van der Waals surface area (Å²) in [6.07, 6.45) is 11.8. The molecule has 0 spiro atoms. The first kappa shape index (κ1) is 9.05. The van der Waals surface area contributed by atoms with E-state index in [1.807, 2.05) is 0 Å². The summed E-state index contributed by atoms with van der Waals surface area (Å²) in [5.41, 5.74) is 3.42. The summed E-state index contributed by atoms with van der Waals surface area (Å²) < 4.78 is 0. The minimum absolute atomic E-state index is 0.753. The molecule has 0 amide bonds. The normalized spacial score (nSPS) is 28.1. The molecule has 0 aromatic rings. The summed E-state index contributed by atoms with van der Waals surface area (Å²) >= 11 is 0. The molecule has 0 fully saturated rings. The zero-order chi connectivity index (χ0) is 9.26. The van der Waals surface area contributed by atoms with E-state index in [2.05, 4.69) is 26.0 Å². The summed E-state index contributed by atoms with van der Waals surface area (Å²) in [5, 5.41) is 0. The summed E-state index contributed by atoms with van der Waals surface area (Å²) in [6, 6.07) is 0. The van der Waals surface area contributed by atoms with E-state index in [4.69, 9.17) is 0 Å². The molecule has 0 heterocycles. The lowest BCUT2D eigenvalue weighted by atomic mass is 9.76. The minimum Gasteiger partial charge on any atom is -0.0847 e. The number of hydrogen-bond donors (Lipinski definition) is 0. The third-order valence-corrected chi connectivity index (χ3v) is 3.50. The first-order valence-corrected chi connectivity index (χ1v) is 5.65. The SMILES string of the molecule is CC(C)C1=CCC2CCCC=C2C1. The second kappa shape index (κ2) is 3.69. The molecular formula is C13H20. The quantitative estimate of drug-likeness (QED) is 0.528. The summed E-state index contributed by atoms with van der Waals surface area (Å²) in [6.45, 7) is 4.63. The highest BCUT2D eigenvalue weighted by molar-refractivity contribution is 5.25. The lowest BCUT2D eigenvalue weighted by molar-refractivity contribution is 0.481. The molecule has 0 heteroatoms. The van der Waals surface area contributed by atoms with E-state index in [0.717, 1.165) is 11.8 Å². The van der Waals surface area contributed by atoms with Crippen molar-refractivity contribution < 1.29 is 0 Å².